The molecule has 2 heterocycles. The summed E-state index contributed by atoms with van der Waals surface area (Å²) in [5.41, 5.74) is 2.26. The van der Waals surface area contributed by atoms with Gasteiger partial charge in [0.25, 0.3) is 5.91 Å². The van der Waals surface area contributed by atoms with Gasteiger partial charge in [-0.2, -0.15) is 5.21 Å². The number of nitrogens with one attached hydrogen (secondary N) is 1. The van der Waals surface area contributed by atoms with Crippen molar-refractivity contribution in [2.24, 2.45) is 0 Å². The summed E-state index contributed by atoms with van der Waals surface area (Å²) in [6, 6.07) is 3.98. The first kappa shape index (κ1) is 21.4. The van der Waals surface area contributed by atoms with Crippen molar-refractivity contribution in [3.05, 3.63) is 39.6 Å². The van der Waals surface area contributed by atoms with Crippen LogP contribution in [0.3, 0.4) is 0 Å². The van der Waals surface area contributed by atoms with Gasteiger partial charge >= 0.3 is 0 Å². The summed E-state index contributed by atoms with van der Waals surface area (Å²) in [6.07, 6.45) is 1.93. The molecule has 1 aromatic heterocycles. The predicted molar refractivity (Wildman–Crippen MR) is 116 cm³/mol. The largest absolute Gasteiger partial charge is 0.507 e. The van der Waals surface area contributed by atoms with Gasteiger partial charge in [-0.1, -0.05) is 46.8 Å². The standard InChI is InChI=1S/C21H29N5O2S/c1-20(2,3)14-9-13(10-15(18(14)27)21(4,5)6)11-16-19(28)26(7-8-29-16)12-17-22-24-25-23-17/h9-11,27H,7-8,12H2,1-6H3,(H,22,23,24,25)/b16-11+. The quantitative estimate of drug-likeness (QED) is 0.744. The summed E-state index contributed by atoms with van der Waals surface area (Å²) < 4.78 is 0. The lowest BCUT2D eigenvalue weighted by atomic mass is 9.78. The average Bonchev–Trinajstić information content (AvgIpc) is 3.11. The molecule has 0 aliphatic carbocycles. The molecule has 29 heavy (non-hydrogen) atoms. The van der Waals surface area contributed by atoms with Crippen molar-refractivity contribution in [1.29, 1.82) is 0 Å². The molecular weight excluding hydrogens is 386 g/mol. The van der Waals surface area contributed by atoms with E-state index >= 15 is 0 Å². The number of benzene rings is 1. The number of hydrogen-bond donors (Lipinski definition) is 2. The number of nitrogens with zero attached hydrogens (tertiary/aromatic N) is 4. The second-order valence-corrected chi connectivity index (χ2v) is 10.5. The van der Waals surface area contributed by atoms with Crippen LogP contribution < -0.4 is 0 Å². The highest BCUT2D eigenvalue weighted by atomic mass is 32.2. The van der Waals surface area contributed by atoms with Gasteiger partial charge in [0.05, 0.1) is 11.4 Å². The Kier molecular flexibility index (Phi) is 5.76. The summed E-state index contributed by atoms with van der Waals surface area (Å²) in [4.78, 5) is 15.4. The Bertz CT molecular complexity index is 889. The van der Waals surface area contributed by atoms with Gasteiger partial charge < -0.3 is 10.0 Å². The number of aromatic amines is 1. The Balaban J connectivity index is 1.99. The van der Waals surface area contributed by atoms with E-state index in [4.69, 9.17) is 0 Å². The van der Waals surface area contributed by atoms with Gasteiger partial charge in [-0.3, -0.25) is 4.79 Å². The third kappa shape index (κ3) is 4.80. The first-order valence-electron chi connectivity index (χ1n) is 9.71. The molecule has 1 amide bonds. The van der Waals surface area contributed by atoms with Crippen LogP contribution in [0.2, 0.25) is 0 Å². The summed E-state index contributed by atoms with van der Waals surface area (Å²) in [7, 11) is 0. The first-order valence-corrected chi connectivity index (χ1v) is 10.7. The van der Waals surface area contributed by atoms with Crippen LogP contribution in [0.15, 0.2) is 17.0 Å². The second-order valence-electron chi connectivity index (χ2n) is 9.38. The van der Waals surface area contributed by atoms with E-state index in [2.05, 4.69) is 62.2 Å². The number of phenols is 1. The molecule has 0 unspecified atom stereocenters. The number of H-pyrrole nitrogens is 1. The van der Waals surface area contributed by atoms with Crippen molar-refractivity contribution in [2.75, 3.05) is 12.3 Å². The van der Waals surface area contributed by atoms with Crippen molar-refractivity contribution < 1.29 is 9.90 Å². The molecule has 1 aliphatic rings. The number of tetrazole rings is 1. The van der Waals surface area contributed by atoms with Crippen molar-refractivity contribution in [3.63, 3.8) is 0 Å². The Labute approximate surface area is 176 Å². The number of thioether (sulfide) groups is 1. The fraction of sp³-hybridized carbons (Fsp3) is 0.524. The molecule has 1 saturated heterocycles. The zero-order valence-corrected chi connectivity index (χ0v) is 18.7. The predicted octanol–water partition coefficient (Wildman–Crippen LogP) is 3.62. The van der Waals surface area contributed by atoms with Crippen LogP contribution in [0.5, 0.6) is 5.75 Å². The highest BCUT2D eigenvalue weighted by Gasteiger charge is 2.28. The number of amides is 1. The number of hydrogen-bond acceptors (Lipinski definition) is 6. The van der Waals surface area contributed by atoms with Gasteiger partial charge in [-0.15, -0.1) is 22.0 Å². The van der Waals surface area contributed by atoms with Gasteiger partial charge in [0.15, 0.2) is 5.82 Å². The van der Waals surface area contributed by atoms with E-state index in [1.54, 1.807) is 16.7 Å². The molecule has 0 spiro atoms. The van der Waals surface area contributed by atoms with Gasteiger partial charge in [0.1, 0.15) is 5.75 Å². The van der Waals surface area contributed by atoms with Crippen molar-refractivity contribution in [1.82, 2.24) is 25.5 Å². The molecule has 0 saturated carbocycles. The van der Waals surface area contributed by atoms with Crippen molar-refractivity contribution in [2.45, 2.75) is 58.9 Å². The molecule has 1 fully saturated rings. The van der Waals surface area contributed by atoms with Crippen LogP contribution in [-0.4, -0.2) is 48.8 Å². The summed E-state index contributed by atoms with van der Waals surface area (Å²) in [5.74, 6) is 1.62. The van der Waals surface area contributed by atoms with Crippen molar-refractivity contribution in [3.8, 4) is 5.75 Å². The Hall–Kier alpha value is -2.35. The van der Waals surface area contributed by atoms with Gasteiger partial charge in [-0.05, 0) is 34.6 Å². The third-order valence-corrected chi connectivity index (χ3v) is 5.87. The number of carbonyl (C=O) groups is 1. The lowest BCUT2D eigenvalue weighted by Gasteiger charge is -2.29. The van der Waals surface area contributed by atoms with Crippen molar-refractivity contribution >= 4 is 23.7 Å². The normalized spacial score (nSPS) is 17.2. The van der Waals surface area contributed by atoms with E-state index in [0.29, 0.717) is 29.6 Å². The van der Waals surface area contributed by atoms with Gasteiger partial charge in [0, 0.05) is 23.4 Å². The molecule has 156 valence electrons. The monoisotopic (exact) mass is 415 g/mol. The van der Waals surface area contributed by atoms with E-state index in [9.17, 15) is 9.90 Å². The maximum Gasteiger partial charge on any atom is 0.260 e. The van der Waals surface area contributed by atoms with E-state index < -0.39 is 0 Å². The molecule has 8 heteroatoms. The fourth-order valence-electron chi connectivity index (χ4n) is 3.29. The molecule has 3 rings (SSSR count). The van der Waals surface area contributed by atoms with Gasteiger partial charge in [-0.25, -0.2) is 0 Å². The molecule has 2 aromatic rings. The van der Waals surface area contributed by atoms with E-state index in [-0.39, 0.29) is 16.7 Å². The van der Waals surface area contributed by atoms with Gasteiger partial charge in [0.2, 0.25) is 0 Å². The average molecular weight is 416 g/mol. The molecule has 1 aliphatic heterocycles. The highest BCUT2D eigenvalue weighted by molar-refractivity contribution is 8.04. The van der Waals surface area contributed by atoms with E-state index in [0.717, 1.165) is 22.4 Å². The first-order chi connectivity index (χ1) is 13.5. The molecule has 1 aromatic carbocycles. The lowest BCUT2D eigenvalue weighted by molar-refractivity contribution is -0.127. The molecule has 7 nitrogen and oxygen atoms in total. The summed E-state index contributed by atoms with van der Waals surface area (Å²) in [5, 5.41) is 24.8. The second kappa shape index (κ2) is 7.82. The highest BCUT2D eigenvalue weighted by Crippen LogP contribution is 2.40. The van der Waals surface area contributed by atoms with Crippen LogP contribution in [0.1, 0.15) is 64.1 Å². The maximum absolute atomic E-state index is 13.0. The number of aromatic hydroxyl groups is 1. The van der Waals surface area contributed by atoms with Crippen LogP contribution in [0.25, 0.3) is 6.08 Å². The minimum Gasteiger partial charge on any atom is -0.507 e. The molecule has 2 N–H and O–H groups in total. The van der Waals surface area contributed by atoms with E-state index in [1.807, 2.05) is 18.2 Å². The van der Waals surface area contributed by atoms with Crippen LogP contribution in [0.4, 0.5) is 0 Å². The number of carbonyl (C=O) groups excluding carboxylic acids is 1. The molecule has 0 bridgehead atoms. The Morgan fingerprint density at radius 1 is 1.17 bits per heavy atom. The minimum absolute atomic E-state index is 0.0336. The SMILES string of the molecule is CC(C)(C)c1cc(/C=C2/SCCN(Cc3nn[nH]n3)C2=O)cc(C(C)(C)C)c1O. The molecular formula is C21H29N5O2S. The number of rotatable bonds is 3. The number of phenolic OH excluding ortho intramolecular Hbond substituents is 1. The van der Waals surface area contributed by atoms with Crippen LogP contribution >= 0.6 is 11.8 Å². The summed E-state index contributed by atoms with van der Waals surface area (Å²) >= 11 is 1.56. The number of aromatic nitrogens is 4. The minimum atomic E-state index is -0.215. The Morgan fingerprint density at radius 2 is 1.79 bits per heavy atom. The smallest absolute Gasteiger partial charge is 0.260 e. The zero-order chi connectivity index (χ0) is 21.4. The topological polar surface area (TPSA) is 95.0 Å². The summed E-state index contributed by atoms with van der Waals surface area (Å²) in [6.45, 7) is 13.5. The lowest BCUT2D eigenvalue weighted by Crippen LogP contribution is -2.36. The Morgan fingerprint density at radius 3 is 2.31 bits per heavy atom. The molecule has 0 atom stereocenters. The third-order valence-electron chi connectivity index (χ3n) is 4.88. The maximum atomic E-state index is 13.0. The zero-order valence-electron chi connectivity index (χ0n) is 17.9. The fourth-order valence-corrected chi connectivity index (χ4v) is 4.30. The molecule has 0 radical (unpaired) electrons. The van der Waals surface area contributed by atoms with Crippen LogP contribution in [0, 0.1) is 0 Å². The van der Waals surface area contributed by atoms with E-state index in [1.165, 1.54) is 0 Å². The van der Waals surface area contributed by atoms with Crippen LogP contribution in [-0.2, 0) is 22.2 Å².